The van der Waals surface area contributed by atoms with Crippen molar-refractivity contribution < 1.29 is 4.79 Å². The lowest BCUT2D eigenvalue weighted by Crippen LogP contribution is -2.12. The van der Waals surface area contributed by atoms with Gasteiger partial charge in [-0.1, -0.05) is 29.8 Å². The summed E-state index contributed by atoms with van der Waals surface area (Å²) in [6.07, 6.45) is 1.56. The molecule has 94 valence electrons. The van der Waals surface area contributed by atoms with Gasteiger partial charge in [-0.05, 0) is 18.2 Å². The Kier molecular flexibility index (Phi) is 3.19. The number of halogens is 1. The van der Waals surface area contributed by atoms with E-state index in [9.17, 15) is 4.79 Å². The van der Waals surface area contributed by atoms with E-state index in [2.05, 4.69) is 10.3 Å². The van der Waals surface area contributed by atoms with Crippen molar-refractivity contribution in [2.45, 2.75) is 0 Å². The molecule has 5 heteroatoms. The number of carbonyl (C=O) groups is 1. The maximum absolute atomic E-state index is 12.2. The van der Waals surface area contributed by atoms with Crippen LogP contribution in [0.1, 0.15) is 10.4 Å². The molecule has 0 aliphatic carbocycles. The molecule has 3 nitrogen and oxygen atoms in total. The van der Waals surface area contributed by atoms with E-state index in [0.717, 1.165) is 10.1 Å². The van der Waals surface area contributed by atoms with Crippen LogP contribution in [0.2, 0.25) is 5.02 Å². The fraction of sp³-hybridized carbons (Fsp3) is 0. The van der Waals surface area contributed by atoms with Crippen LogP contribution in [-0.4, -0.2) is 10.9 Å². The minimum absolute atomic E-state index is 0.174. The fourth-order valence-electron chi connectivity index (χ4n) is 1.81. The Bertz CT molecular complexity index is 754. The van der Waals surface area contributed by atoms with E-state index in [-0.39, 0.29) is 5.91 Å². The van der Waals surface area contributed by atoms with E-state index in [0.29, 0.717) is 16.4 Å². The number of rotatable bonds is 2. The Hall–Kier alpha value is -1.91. The largest absolute Gasteiger partial charge is 0.306 e. The SMILES string of the molecule is O=C(Nc1cc(Cl)ccn1)c1csc2ccccc12. The summed E-state index contributed by atoms with van der Waals surface area (Å²) in [5, 5.41) is 6.09. The number of anilines is 1. The van der Waals surface area contributed by atoms with Crippen molar-refractivity contribution in [1.29, 1.82) is 0 Å². The second-order valence-corrected chi connectivity index (χ2v) is 5.31. The number of aromatic nitrogens is 1. The van der Waals surface area contributed by atoms with Crippen LogP contribution < -0.4 is 5.32 Å². The highest BCUT2D eigenvalue weighted by Gasteiger charge is 2.12. The molecule has 0 aliphatic rings. The number of nitrogens with zero attached hydrogens (tertiary/aromatic N) is 1. The van der Waals surface area contributed by atoms with E-state index in [1.807, 2.05) is 29.6 Å². The lowest BCUT2D eigenvalue weighted by molar-refractivity contribution is 0.102. The average Bonchev–Trinajstić information content (AvgIpc) is 2.82. The molecule has 2 aromatic heterocycles. The summed E-state index contributed by atoms with van der Waals surface area (Å²) in [5.41, 5.74) is 0.655. The zero-order valence-corrected chi connectivity index (χ0v) is 11.3. The van der Waals surface area contributed by atoms with Crippen LogP contribution in [0.4, 0.5) is 5.82 Å². The third-order valence-electron chi connectivity index (χ3n) is 2.69. The van der Waals surface area contributed by atoms with Crippen molar-refractivity contribution >= 4 is 44.7 Å². The standard InChI is InChI=1S/C14H9ClN2OS/c15-9-5-6-16-13(7-9)17-14(18)11-8-19-12-4-2-1-3-10(11)12/h1-8H,(H,16,17,18). The van der Waals surface area contributed by atoms with Crippen molar-refractivity contribution in [2.24, 2.45) is 0 Å². The Labute approximate surface area is 118 Å². The summed E-state index contributed by atoms with van der Waals surface area (Å²) < 4.78 is 1.09. The lowest BCUT2D eigenvalue weighted by atomic mass is 10.1. The molecule has 3 rings (SSSR count). The molecule has 1 aromatic carbocycles. The summed E-state index contributed by atoms with van der Waals surface area (Å²) in [6, 6.07) is 11.1. The Morgan fingerprint density at radius 1 is 1.26 bits per heavy atom. The van der Waals surface area contributed by atoms with Gasteiger partial charge in [0.1, 0.15) is 5.82 Å². The van der Waals surface area contributed by atoms with Gasteiger partial charge in [-0.25, -0.2) is 4.98 Å². The van der Waals surface area contributed by atoms with Crippen LogP contribution in [-0.2, 0) is 0 Å². The number of nitrogens with one attached hydrogen (secondary N) is 1. The zero-order valence-electron chi connectivity index (χ0n) is 9.76. The van der Waals surface area contributed by atoms with Crippen LogP contribution in [0.25, 0.3) is 10.1 Å². The summed E-state index contributed by atoms with van der Waals surface area (Å²) in [7, 11) is 0. The highest BCUT2D eigenvalue weighted by atomic mass is 35.5. The fourth-order valence-corrected chi connectivity index (χ4v) is 2.91. The van der Waals surface area contributed by atoms with Crippen LogP contribution in [0.15, 0.2) is 48.0 Å². The third kappa shape index (κ3) is 2.45. The quantitative estimate of drug-likeness (QED) is 0.768. The van der Waals surface area contributed by atoms with Gasteiger partial charge in [-0.2, -0.15) is 0 Å². The smallest absolute Gasteiger partial charge is 0.258 e. The first kappa shape index (κ1) is 12.1. The maximum Gasteiger partial charge on any atom is 0.258 e. The predicted molar refractivity (Wildman–Crippen MR) is 79.0 cm³/mol. The second kappa shape index (κ2) is 4.99. The van der Waals surface area contributed by atoms with Gasteiger partial charge in [0.2, 0.25) is 0 Å². The molecular weight excluding hydrogens is 280 g/mol. The van der Waals surface area contributed by atoms with Gasteiger partial charge in [0.25, 0.3) is 5.91 Å². The van der Waals surface area contributed by atoms with Gasteiger partial charge in [0, 0.05) is 26.7 Å². The summed E-state index contributed by atoms with van der Waals surface area (Å²) >= 11 is 7.41. The summed E-state index contributed by atoms with van der Waals surface area (Å²) in [5.74, 6) is 0.278. The molecule has 2 heterocycles. The van der Waals surface area contributed by atoms with Gasteiger partial charge in [-0.15, -0.1) is 11.3 Å². The first-order valence-corrected chi connectivity index (χ1v) is 6.89. The third-order valence-corrected chi connectivity index (χ3v) is 3.89. The summed E-state index contributed by atoms with van der Waals surface area (Å²) in [4.78, 5) is 16.3. The Balaban J connectivity index is 1.92. The Morgan fingerprint density at radius 2 is 2.11 bits per heavy atom. The molecule has 0 bridgehead atoms. The van der Waals surface area contributed by atoms with Crippen molar-refractivity contribution in [3.63, 3.8) is 0 Å². The molecule has 3 aromatic rings. The molecule has 0 saturated carbocycles. The van der Waals surface area contributed by atoms with E-state index in [1.54, 1.807) is 29.7 Å². The normalized spacial score (nSPS) is 10.6. The van der Waals surface area contributed by atoms with E-state index in [4.69, 9.17) is 11.6 Å². The van der Waals surface area contributed by atoms with Crippen LogP contribution in [0, 0.1) is 0 Å². The highest BCUT2D eigenvalue weighted by Crippen LogP contribution is 2.26. The number of benzene rings is 1. The van der Waals surface area contributed by atoms with Crippen molar-refractivity contribution in [3.05, 3.63) is 58.6 Å². The molecule has 1 N–H and O–H groups in total. The molecule has 0 aliphatic heterocycles. The van der Waals surface area contributed by atoms with Crippen LogP contribution in [0.5, 0.6) is 0 Å². The first-order valence-electron chi connectivity index (χ1n) is 5.63. The minimum atomic E-state index is -0.174. The van der Waals surface area contributed by atoms with Gasteiger partial charge in [-0.3, -0.25) is 4.79 Å². The molecule has 0 fully saturated rings. The molecule has 0 unspecified atom stereocenters. The number of carbonyl (C=O) groups excluding carboxylic acids is 1. The molecule has 1 amide bonds. The summed E-state index contributed by atoms with van der Waals surface area (Å²) in [6.45, 7) is 0. The monoisotopic (exact) mass is 288 g/mol. The number of fused-ring (bicyclic) bond motifs is 1. The molecule has 0 saturated heterocycles. The van der Waals surface area contributed by atoms with Gasteiger partial charge in [0.15, 0.2) is 0 Å². The molecule has 0 radical (unpaired) electrons. The average molecular weight is 289 g/mol. The Morgan fingerprint density at radius 3 is 2.95 bits per heavy atom. The minimum Gasteiger partial charge on any atom is -0.306 e. The zero-order chi connectivity index (χ0) is 13.2. The molecule has 0 spiro atoms. The van der Waals surface area contributed by atoms with E-state index < -0.39 is 0 Å². The molecule has 0 atom stereocenters. The van der Waals surface area contributed by atoms with Crippen molar-refractivity contribution in [3.8, 4) is 0 Å². The maximum atomic E-state index is 12.2. The van der Waals surface area contributed by atoms with Crippen LogP contribution >= 0.6 is 22.9 Å². The number of thiophene rings is 1. The first-order chi connectivity index (χ1) is 9.24. The topological polar surface area (TPSA) is 42.0 Å². The highest BCUT2D eigenvalue weighted by molar-refractivity contribution is 7.17. The van der Waals surface area contributed by atoms with Crippen molar-refractivity contribution in [2.75, 3.05) is 5.32 Å². The van der Waals surface area contributed by atoms with Crippen LogP contribution in [0.3, 0.4) is 0 Å². The van der Waals surface area contributed by atoms with Crippen molar-refractivity contribution in [1.82, 2.24) is 4.98 Å². The van der Waals surface area contributed by atoms with E-state index in [1.165, 1.54) is 0 Å². The molecule has 19 heavy (non-hydrogen) atoms. The van der Waals surface area contributed by atoms with Gasteiger partial charge < -0.3 is 5.32 Å². The predicted octanol–water partition coefficient (Wildman–Crippen LogP) is 4.20. The number of hydrogen-bond donors (Lipinski definition) is 1. The lowest BCUT2D eigenvalue weighted by Gasteiger charge is -2.03. The number of pyridine rings is 1. The molecular formula is C14H9ClN2OS. The second-order valence-electron chi connectivity index (χ2n) is 3.96. The van der Waals surface area contributed by atoms with Gasteiger partial charge in [0.05, 0.1) is 5.56 Å². The van der Waals surface area contributed by atoms with E-state index >= 15 is 0 Å². The number of hydrogen-bond acceptors (Lipinski definition) is 3. The number of amides is 1. The van der Waals surface area contributed by atoms with Gasteiger partial charge >= 0.3 is 0 Å².